The zero-order valence-corrected chi connectivity index (χ0v) is 14.8. The Balaban J connectivity index is 1.75. The number of aryl methyl sites for hydroxylation is 4. The van der Waals surface area contributed by atoms with E-state index in [-0.39, 0.29) is 17.9 Å². The van der Waals surface area contributed by atoms with Crippen molar-refractivity contribution in [1.29, 1.82) is 0 Å². The molecule has 0 unspecified atom stereocenters. The minimum atomic E-state index is -0.126. The average molecular weight is 334 g/mol. The summed E-state index contributed by atoms with van der Waals surface area (Å²) in [4.78, 5) is 27.4. The Morgan fingerprint density at radius 2 is 1.72 bits per heavy atom. The van der Waals surface area contributed by atoms with Crippen LogP contribution in [0.15, 0.2) is 47.3 Å². The lowest BCUT2D eigenvalue weighted by molar-refractivity contribution is -0.116. The van der Waals surface area contributed by atoms with E-state index in [9.17, 15) is 9.59 Å². The topological polar surface area (TPSA) is 62.0 Å². The molecule has 2 aromatic carbocycles. The molecule has 2 N–H and O–H groups in total. The number of rotatable bonds is 4. The Bertz CT molecular complexity index is 1000. The molecular weight excluding hydrogens is 312 g/mol. The first-order valence-corrected chi connectivity index (χ1v) is 8.42. The number of nitrogens with one attached hydrogen (secondary N) is 2. The molecule has 0 bridgehead atoms. The molecule has 0 radical (unpaired) electrons. The van der Waals surface area contributed by atoms with Gasteiger partial charge in [-0.2, -0.15) is 0 Å². The first-order chi connectivity index (χ1) is 11.9. The van der Waals surface area contributed by atoms with Gasteiger partial charge in [-0.05, 0) is 73.5 Å². The van der Waals surface area contributed by atoms with Gasteiger partial charge in [-0.3, -0.25) is 9.59 Å². The molecule has 1 amide bonds. The lowest BCUT2D eigenvalue weighted by Gasteiger charge is -2.09. The van der Waals surface area contributed by atoms with Gasteiger partial charge in [-0.25, -0.2) is 0 Å². The highest BCUT2D eigenvalue weighted by Crippen LogP contribution is 2.18. The van der Waals surface area contributed by atoms with E-state index in [4.69, 9.17) is 0 Å². The van der Waals surface area contributed by atoms with Crippen LogP contribution in [-0.2, 0) is 11.2 Å². The molecule has 3 aromatic rings. The number of fused-ring (bicyclic) bond motifs is 1. The Labute approximate surface area is 146 Å². The zero-order valence-electron chi connectivity index (χ0n) is 14.8. The summed E-state index contributed by atoms with van der Waals surface area (Å²) in [5.74, 6) is -0.0890. The monoisotopic (exact) mass is 334 g/mol. The molecule has 1 aromatic heterocycles. The second kappa shape index (κ2) is 6.93. The number of benzene rings is 2. The fourth-order valence-electron chi connectivity index (χ4n) is 2.88. The quantitative estimate of drug-likeness (QED) is 0.757. The molecule has 1 heterocycles. The number of aromatic amines is 1. The molecule has 4 heteroatoms. The zero-order chi connectivity index (χ0) is 18.0. The maximum atomic E-state index is 12.3. The highest BCUT2D eigenvalue weighted by atomic mass is 16.1. The van der Waals surface area contributed by atoms with Crippen LogP contribution in [0.2, 0.25) is 0 Å². The largest absolute Gasteiger partial charge is 0.326 e. The lowest BCUT2D eigenvalue weighted by Crippen LogP contribution is -2.17. The first kappa shape index (κ1) is 17.0. The highest BCUT2D eigenvalue weighted by Gasteiger charge is 2.09. The van der Waals surface area contributed by atoms with E-state index in [1.165, 1.54) is 5.56 Å². The van der Waals surface area contributed by atoms with E-state index in [1.807, 2.05) is 50.2 Å². The standard InChI is InChI=1S/C21H22N2O2/c1-13-6-4-5-7-18(13)22-20(24)9-8-16-12-17-10-14(2)15(3)11-19(17)23-21(16)25/h4-7,10-12H,8-9H2,1-3H3,(H,22,24)(H,23,25). The lowest BCUT2D eigenvalue weighted by atomic mass is 10.0. The fourth-order valence-corrected chi connectivity index (χ4v) is 2.88. The molecule has 0 saturated carbocycles. The normalized spacial score (nSPS) is 10.8. The maximum absolute atomic E-state index is 12.3. The minimum Gasteiger partial charge on any atom is -0.326 e. The SMILES string of the molecule is Cc1cc2cc(CCC(=O)Nc3ccccc3C)c(=O)[nH]c2cc1C. The summed E-state index contributed by atoms with van der Waals surface area (Å²) in [5.41, 5.74) is 5.50. The summed E-state index contributed by atoms with van der Waals surface area (Å²) >= 11 is 0. The summed E-state index contributed by atoms with van der Waals surface area (Å²) in [5, 5.41) is 3.90. The van der Waals surface area contributed by atoms with Crippen molar-refractivity contribution in [2.24, 2.45) is 0 Å². The Morgan fingerprint density at radius 3 is 2.48 bits per heavy atom. The van der Waals surface area contributed by atoms with Crippen LogP contribution in [0.1, 0.15) is 28.7 Å². The number of carbonyl (C=O) groups is 1. The summed E-state index contributed by atoms with van der Waals surface area (Å²) in [7, 11) is 0. The second-order valence-corrected chi connectivity index (χ2v) is 6.51. The van der Waals surface area contributed by atoms with Crippen molar-refractivity contribution < 1.29 is 4.79 Å². The smallest absolute Gasteiger partial charge is 0.251 e. The predicted molar refractivity (Wildman–Crippen MR) is 102 cm³/mol. The van der Waals surface area contributed by atoms with Crippen LogP contribution < -0.4 is 10.9 Å². The molecular formula is C21H22N2O2. The fraction of sp³-hybridized carbons (Fsp3) is 0.238. The van der Waals surface area contributed by atoms with E-state index in [0.29, 0.717) is 12.0 Å². The first-order valence-electron chi connectivity index (χ1n) is 8.42. The number of aromatic nitrogens is 1. The molecule has 128 valence electrons. The second-order valence-electron chi connectivity index (χ2n) is 6.51. The molecule has 0 aliphatic rings. The Hall–Kier alpha value is -2.88. The molecule has 0 atom stereocenters. The van der Waals surface area contributed by atoms with Crippen LogP contribution in [-0.4, -0.2) is 10.9 Å². The number of pyridine rings is 1. The Kier molecular flexibility index (Phi) is 4.70. The van der Waals surface area contributed by atoms with Gasteiger partial charge in [-0.15, -0.1) is 0 Å². The number of hydrogen-bond acceptors (Lipinski definition) is 2. The molecule has 25 heavy (non-hydrogen) atoms. The predicted octanol–water partition coefficient (Wildman–Crippen LogP) is 4.02. The summed E-state index contributed by atoms with van der Waals surface area (Å²) in [6.45, 7) is 6.03. The molecule has 0 saturated heterocycles. The van der Waals surface area contributed by atoms with E-state index in [2.05, 4.69) is 23.3 Å². The van der Waals surface area contributed by atoms with Gasteiger partial charge in [0.2, 0.25) is 5.91 Å². The van der Waals surface area contributed by atoms with E-state index >= 15 is 0 Å². The van der Waals surface area contributed by atoms with Crippen molar-refractivity contribution in [2.45, 2.75) is 33.6 Å². The van der Waals surface area contributed by atoms with Gasteiger partial charge >= 0.3 is 0 Å². The van der Waals surface area contributed by atoms with Crippen LogP contribution in [0.5, 0.6) is 0 Å². The summed E-state index contributed by atoms with van der Waals surface area (Å²) < 4.78 is 0. The van der Waals surface area contributed by atoms with Gasteiger partial charge in [0.25, 0.3) is 5.56 Å². The molecule has 4 nitrogen and oxygen atoms in total. The summed E-state index contributed by atoms with van der Waals surface area (Å²) in [6, 6.07) is 13.6. The van der Waals surface area contributed by atoms with E-state index in [1.54, 1.807) is 0 Å². The van der Waals surface area contributed by atoms with E-state index < -0.39 is 0 Å². The maximum Gasteiger partial charge on any atom is 0.251 e. The molecule has 0 fully saturated rings. The number of amides is 1. The minimum absolute atomic E-state index is 0.0890. The number of para-hydroxylation sites is 1. The van der Waals surface area contributed by atoms with Crippen LogP contribution in [0.25, 0.3) is 10.9 Å². The van der Waals surface area contributed by atoms with Gasteiger partial charge < -0.3 is 10.3 Å². The van der Waals surface area contributed by atoms with Gasteiger partial charge in [0.05, 0.1) is 0 Å². The van der Waals surface area contributed by atoms with Crippen LogP contribution in [0.4, 0.5) is 5.69 Å². The van der Waals surface area contributed by atoms with Crippen molar-refractivity contribution in [1.82, 2.24) is 4.98 Å². The molecule has 0 aliphatic carbocycles. The van der Waals surface area contributed by atoms with Crippen molar-refractivity contribution in [3.05, 3.63) is 75.1 Å². The van der Waals surface area contributed by atoms with Crippen molar-refractivity contribution in [3.8, 4) is 0 Å². The van der Waals surface area contributed by atoms with Crippen molar-refractivity contribution in [3.63, 3.8) is 0 Å². The number of carbonyl (C=O) groups excluding carboxylic acids is 1. The summed E-state index contributed by atoms with van der Waals surface area (Å²) in [6.07, 6.45) is 0.684. The van der Waals surface area contributed by atoms with Crippen LogP contribution >= 0.6 is 0 Å². The van der Waals surface area contributed by atoms with Gasteiger partial charge in [0, 0.05) is 23.2 Å². The van der Waals surface area contributed by atoms with E-state index in [0.717, 1.165) is 27.7 Å². The third-order valence-electron chi connectivity index (χ3n) is 4.58. The van der Waals surface area contributed by atoms with Gasteiger partial charge in [-0.1, -0.05) is 18.2 Å². The van der Waals surface area contributed by atoms with Gasteiger partial charge in [0.1, 0.15) is 0 Å². The highest BCUT2D eigenvalue weighted by molar-refractivity contribution is 5.91. The third kappa shape index (κ3) is 3.79. The Morgan fingerprint density at radius 1 is 1.00 bits per heavy atom. The van der Waals surface area contributed by atoms with Crippen molar-refractivity contribution in [2.75, 3.05) is 5.32 Å². The molecule has 0 aliphatic heterocycles. The van der Waals surface area contributed by atoms with Crippen molar-refractivity contribution >= 4 is 22.5 Å². The third-order valence-corrected chi connectivity index (χ3v) is 4.58. The van der Waals surface area contributed by atoms with Crippen LogP contribution in [0, 0.1) is 20.8 Å². The number of anilines is 1. The number of H-pyrrole nitrogens is 1. The average Bonchev–Trinajstić information content (AvgIpc) is 2.57. The molecule has 0 spiro atoms. The van der Waals surface area contributed by atoms with Gasteiger partial charge in [0.15, 0.2) is 0 Å². The number of hydrogen-bond donors (Lipinski definition) is 2. The van der Waals surface area contributed by atoms with Crippen LogP contribution in [0.3, 0.4) is 0 Å². The molecule has 3 rings (SSSR count).